The van der Waals surface area contributed by atoms with E-state index >= 15 is 0 Å². The summed E-state index contributed by atoms with van der Waals surface area (Å²) in [5.41, 5.74) is 0.439. The molecule has 1 saturated carbocycles. The highest BCUT2D eigenvalue weighted by atomic mass is 19.1. The number of halogens is 1. The Morgan fingerprint density at radius 3 is 2.88 bits per heavy atom. The summed E-state index contributed by atoms with van der Waals surface area (Å²) >= 11 is 0. The number of rotatable bonds is 5. The Bertz CT molecular complexity index is 863. The van der Waals surface area contributed by atoms with E-state index in [9.17, 15) is 14.0 Å². The van der Waals surface area contributed by atoms with E-state index in [0.29, 0.717) is 24.5 Å². The number of benzene rings is 1. The lowest BCUT2D eigenvalue weighted by Gasteiger charge is -2.18. The molecule has 8 nitrogen and oxygen atoms in total. The van der Waals surface area contributed by atoms with Gasteiger partial charge >= 0.3 is 0 Å². The minimum atomic E-state index is -0.633. The third kappa shape index (κ3) is 3.04. The largest absolute Gasteiger partial charge is 0.342 e. The van der Waals surface area contributed by atoms with Crippen molar-refractivity contribution in [3.63, 3.8) is 0 Å². The first kappa shape index (κ1) is 16.6. The number of nitrogens with one attached hydrogen (secondary N) is 1. The SMILES string of the molecule is CC(NC(=O)c1cc(N2CCCC2=O)ccc1F)c1nnnn1C1CC1. The minimum Gasteiger partial charge on any atom is -0.342 e. The molecule has 2 aliphatic rings. The van der Waals surface area contributed by atoms with E-state index in [4.69, 9.17) is 0 Å². The summed E-state index contributed by atoms with van der Waals surface area (Å²) < 4.78 is 15.9. The molecule has 0 spiro atoms. The number of anilines is 1. The van der Waals surface area contributed by atoms with E-state index in [1.807, 2.05) is 0 Å². The quantitative estimate of drug-likeness (QED) is 0.879. The van der Waals surface area contributed by atoms with Crippen LogP contribution in [0.5, 0.6) is 0 Å². The van der Waals surface area contributed by atoms with Crippen molar-refractivity contribution < 1.29 is 14.0 Å². The zero-order valence-electron chi connectivity index (χ0n) is 14.4. The summed E-state index contributed by atoms with van der Waals surface area (Å²) in [7, 11) is 0. The lowest BCUT2D eigenvalue weighted by atomic mass is 10.1. The Hall–Kier alpha value is -2.84. The fourth-order valence-electron chi connectivity index (χ4n) is 3.18. The van der Waals surface area contributed by atoms with Crippen LogP contribution in [0.15, 0.2) is 18.2 Å². The van der Waals surface area contributed by atoms with Crippen LogP contribution in [0.1, 0.15) is 60.9 Å². The van der Waals surface area contributed by atoms with E-state index in [1.165, 1.54) is 18.2 Å². The second-order valence-corrected chi connectivity index (χ2v) is 6.72. The van der Waals surface area contributed by atoms with Crippen molar-refractivity contribution >= 4 is 17.5 Å². The lowest BCUT2D eigenvalue weighted by molar-refractivity contribution is -0.117. The number of carbonyl (C=O) groups excluding carboxylic acids is 2. The average Bonchev–Trinajstić information content (AvgIpc) is 3.18. The summed E-state index contributed by atoms with van der Waals surface area (Å²) in [6.07, 6.45) is 3.26. The fraction of sp³-hybridized carbons (Fsp3) is 0.471. The number of amides is 2. The summed E-state index contributed by atoms with van der Waals surface area (Å²) in [6, 6.07) is 3.97. The van der Waals surface area contributed by atoms with Gasteiger partial charge in [0.1, 0.15) is 5.82 Å². The van der Waals surface area contributed by atoms with Gasteiger partial charge in [0.25, 0.3) is 5.91 Å². The highest BCUT2D eigenvalue weighted by Gasteiger charge is 2.30. The first-order valence-corrected chi connectivity index (χ1v) is 8.73. The molecule has 1 aromatic carbocycles. The van der Waals surface area contributed by atoms with Gasteiger partial charge in [-0.3, -0.25) is 9.59 Å². The van der Waals surface area contributed by atoms with Crippen molar-refractivity contribution in [1.82, 2.24) is 25.5 Å². The van der Waals surface area contributed by atoms with Gasteiger partial charge in [-0.2, -0.15) is 0 Å². The van der Waals surface area contributed by atoms with Gasteiger partial charge in [0, 0.05) is 18.7 Å². The van der Waals surface area contributed by atoms with Gasteiger partial charge < -0.3 is 10.2 Å². The molecule has 0 bridgehead atoms. The first-order chi connectivity index (χ1) is 12.5. The molecule has 1 N–H and O–H groups in total. The predicted molar refractivity (Wildman–Crippen MR) is 90.0 cm³/mol. The second kappa shape index (κ2) is 6.47. The zero-order valence-corrected chi connectivity index (χ0v) is 14.4. The van der Waals surface area contributed by atoms with E-state index in [1.54, 1.807) is 16.5 Å². The molecule has 1 unspecified atom stereocenters. The van der Waals surface area contributed by atoms with E-state index in [-0.39, 0.29) is 17.5 Å². The Kier molecular flexibility index (Phi) is 4.14. The van der Waals surface area contributed by atoms with E-state index < -0.39 is 17.8 Å². The molecule has 1 aliphatic carbocycles. The first-order valence-electron chi connectivity index (χ1n) is 8.73. The van der Waals surface area contributed by atoms with E-state index in [0.717, 1.165) is 19.3 Å². The fourth-order valence-corrected chi connectivity index (χ4v) is 3.18. The van der Waals surface area contributed by atoms with Crippen molar-refractivity contribution in [2.45, 2.75) is 44.7 Å². The van der Waals surface area contributed by atoms with Crippen LogP contribution in [0.25, 0.3) is 0 Å². The van der Waals surface area contributed by atoms with Crippen molar-refractivity contribution in [3.8, 4) is 0 Å². The van der Waals surface area contributed by atoms with Crippen molar-refractivity contribution in [2.75, 3.05) is 11.4 Å². The number of aromatic nitrogens is 4. The van der Waals surface area contributed by atoms with Crippen LogP contribution in [0, 0.1) is 5.82 Å². The van der Waals surface area contributed by atoms with Gasteiger partial charge in [-0.15, -0.1) is 5.10 Å². The second-order valence-electron chi connectivity index (χ2n) is 6.72. The molecule has 1 atom stereocenters. The Morgan fingerprint density at radius 2 is 2.19 bits per heavy atom. The molecule has 0 radical (unpaired) electrons. The lowest BCUT2D eigenvalue weighted by Crippen LogP contribution is -2.30. The summed E-state index contributed by atoms with van der Waals surface area (Å²) in [4.78, 5) is 26.0. The number of nitrogens with zero attached hydrogens (tertiary/aromatic N) is 5. The van der Waals surface area contributed by atoms with Gasteiger partial charge in [0.05, 0.1) is 17.6 Å². The molecular formula is C17H19FN6O2. The number of tetrazole rings is 1. The van der Waals surface area contributed by atoms with Crippen LogP contribution in [0.3, 0.4) is 0 Å². The van der Waals surface area contributed by atoms with Crippen LogP contribution in [0.2, 0.25) is 0 Å². The monoisotopic (exact) mass is 358 g/mol. The maximum Gasteiger partial charge on any atom is 0.254 e. The molecule has 2 amide bonds. The predicted octanol–water partition coefficient (Wildman–Crippen LogP) is 1.76. The standard InChI is InChI=1S/C17H19FN6O2/c1-10(16-20-21-22-24(16)11-4-5-11)19-17(26)13-9-12(6-7-14(13)18)23-8-2-3-15(23)25/h6-7,9-11H,2-5,8H2,1H3,(H,19,26). The van der Waals surface area contributed by atoms with Gasteiger partial charge in [0.15, 0.2) is 5.82 Å². The topological polar surface area (TPSA) is 93.0 Å². The summed E-state index contributed by atoms with van der Waals surface area (Å²) in [5.74, 6) is -0.659. The van der Waals surface area contributed by atoms with Crippen molar-refractivity contribution in [2.24, 2.45) is 0 Å². The molecule has 2 fully saturated rings. The van der Waals surface area contributed by atoms with Gasteiger partial charge in [0.2, 0.25) is 5.91 Å². The molecule has 1 aliphatic heterocycles. The normalized spacial score (nSPS) is 18.2. The molecule has 2 aromatic rings. The number of hydrogen-bond acceptors (Lipinski definition) is 5. The van der Waals surface area contributed by atoms with Gasteiger partial charge in [-0.1, -0.05) is 0 Å². The van der Waals surface area contributed by atoms with Crippen LogP contribution in [0.4, 0.5) is 10.1 Å². The minimum absolute atomic E-state index is 0.0139. The third-order valence-electron chi connectivity index (χ3n) is 4.73. The Labute approximate surface area is 149 Å². The Morgan fingerprint density at radius 1 is 1.38 bits per heavy atom. The smallest absolute Gasteiger partial charge is 0.254 e. The molecule has 1 saturated heterocycles. The highest BCUT2D eigenvalue weighted by Crippen LogP contribution is 2.35. The molecular weight excluding hydrogens is 339 g/mol. The molecule has 136 valence electrons. The van der Waals surface area contributed by atoms with Crippen LogP contribution in [-0.4, -0.2) is 38.6 Å². The Balaban J connectivity index is 1.53. The molecule has 4 rings (SSSR count). The van der Waals surface area contributed by atoms with Crippen molar-refractivity contribution in [1.29, 1.82) is 0 Å². The van der Waals surface area contributed by atoms with Crippen LogP contribution in [-0.2, 0) is 4.79 Å². The molecule has 1 aromatic heterocycles. The molecule has 26 heavy (non-hydrogen) atoms. The molecule has 9 heteroatoms. The van der Waals surface area contributed by atoms with Crippen molar-refractivity contribution in [3.05, 3.63) is 35.4 Å². The number of carbonyl (C=O) groups is 2. The summed E-state index contributed by atoms with van der Waals surface area (Å²) in [5, 5.41) is 14.4. The number of hydrogen-bond donors (Lipinski definition) is 1. The van der Waals surface area contributed by atoms with Crippen LogP contribution < -0.4 is 10.2 Å². The zero-order chi connectivity index (χ0) is 18.3. The maximum absolute atomic E-state index is 14.2. The summed E-state index contributed by atoms with van der Waals surface area (Å²) in [6.45, 7) is 2.34. The van der Waals surface area contributed by atoms with E-state index in [2.05, 4.69) is 20.8 Å². The van der Waals surface area contributed by atoms with Gasteiger partial charge in [-0.25, -0.2) is 9.07 Å². The highest BCUT2D eigenvalue weighted by molar-refractivity contribution is 5.99. The van der Waals surface area contributed by atoms with Gasteiger partial charge in [-0.05, 0) is 54.8 Å². The molecule has 2 heterocycles. The average molecular weight is 358 g/mol. The van der Waals surface area contributed by atoms with Crippen LogP contribution >= 0.6 is 0 Å². The maximum atomic E-state index is 14.2. The third-order valence-corrected chi connectivity index (χ3v) is 4.73.